The van der Waals surface area contributed by atoms with Crippen LogP contribution < -0.4 is 15.5 Å². The molecule has 2 atom stereocenters. The summed E-state index contributed by atoms with van der Waals surface area (Å²) in [5.41, 5.74) is 2.33. The van der Waals surface area contributed by atoms with Gasteiger partial charge in [0.15, 0.2) is 5.96 Å². The number of anilines is 1. The van der Waals surface area contributed by atoms with Crippen LogP contribution in [0.4, 0.5) is 5.69 Å². The van der Waals surface area contributed by atoms with E-state index < -0.39 is 0 Å². The average molecular weight is 516 g/mol. The molecule has 0 spiro atoms. The quantitative estimate of drug-likeness (QED) is 0.240. The topological polar surface area (TPSA) is 75.2 Å². The molecule has 29 heavy (non-hydrogen) atoms. The molecular weight excluding hydrogens is 483 g/mol. The zero-order valence-electron chi connectivity index (χ0n) is 17.4. The van der Waals surface area contributed by atoms with Gasteiger partial charge in [0.1, 0.15) is 0 Å². The Morgan fingerprint density at radius 2 is 2.24 bits per heavy atom. The van der Waals surface area contributed by atoms with Gasteiger partial charge in [0.05, 0.1) is 19.3 Å². The van der Waals surface area contributed by atoms with Crippen molar-refractivity contribution in [3.63, 3.8) is 0 Å². The summed E-state index contributed by atoms with van der Waals surface area (Å²) in [6.07, 6.45) is 3.42. The molecule has 1 aromatic carbocycles. The highest BCUT2D eigenvalue weighted by molar-refractivity contribution is 14.0. The van der Waals surface area contributed by atoms with Crippen LogP contribution in [0.1, 0.15) is 31.7 Å². The predicted molar refractivity (Wildman–Crippen MR) is 126 cm³/mol. The number of amides is 1. The third-order valence-corrected chi connectivity index (χ3v) is 5.12. The van der Waals surface area contributed by atoms with E-state index in [2.05, 4.69) is 28.6 Å². The van der Waals surface area contributed by atoms with Gasteiger partial charge in [-0.3, -0.25) is 9.79 Å². The molecule has 1 aromatic rings. The number of para-hydroxylation sites is 1. The van der Waals surface area contributed by atoms with Gasteiger partial charge in [-0.25, -0.2) is 0 Å². The van der Waals surface area contributed by atoms with Crippen molar-refractivity contribution < 1.29 is 14.3 Å². The molecule has 2 aliphatic heterocycles. The van der Waals surface area contributed by atoms with E-state index in [0.29, 0.717) is 26.2 Å². The van der Waals surface area contributed by atoms with Crippen LogP contribution >= 0.6 is 24.0 Å². The highest BCUT2D eigenvalue weighted by atomic mass is 127. The van der Waals surface area contributed by atoms with Gasteiger partial charge >= 0.3 is 0 Å². The van der Waals surface area contributed by atoms with Crippen LogP contribution in [0, 0.1) is 0 Å². The first-order chi connectivity index (χ1) is 13.7. The van der Waals surface area contributed by atoms with Crippen molar-refractivity contribution >= 4 is 41.5 Å². The molecule has 0 aromatic heterocycles. The smallest absolute Gasteiger partial charge is 0.227 e. The maximum absolute atomic E-state index is 12.5. The number of carbonyl (C=O) groups excluding carboxylic acids is 1. The van der Waals surface area contributed by atoms with Crippen LogP contribution in [-0.4, -0.2) is 64.0 Å². The molecular formula is C21H33IN4O3. The summed E-state index contributed by atoms with van der Waals surface area (Å²) in [5, 5.41) is 6.61. The number of hydrogen-bond acceptors (Lipinski definition) is 4. The molecule has 0 bridgehead atoms. The molecule has 2 N–H and O–H groups in total. The van der Waals surface area contributed by atoms with Gasteiger partial charge < -0.3 is 25.0 Å². The van der Waals surface area contributed by atoms with Crippen molar-refractivity contribution in [2.75, 3.05) is 44.9 Å². The fourth-order valence-corrected chi connectivity index (χ4v) is 3.57. The molecule has 8 heteroatoms. The van der Waals surface area contributed by atoms with E-state index in [4.69, 9.17) is 9.47 Å². The maximum atomic E-state index is 12.5. The van der Waals surface area contributed by atoms with Gasteiger partial charge in [0, 0.05) is 44.9 Å². The zero-order chi connectivity index (χ0) is 19.8. The number of nitrogens with one attached hydrogen (secondary N) is 2. The lowest BCUT2D eigenvalue weighted by molar-refractivity contribution is -0.118. The number of ether oxygens (including phenoxy) is 2. The van der Waals surface area contributed by atoms with E-state index in [1.165, 1.54) is 5.56 Å². The van der Waals surface area contributed by atoms with E-state index in [-0.39, 0.29) is 42.0 Å². The third kappa shape index (κ3) is 7.11. The van der Waals surface area contributed by atoms with Gasteiger partial charge in [-0.1, -0.05) is 18.2 Å². The first kappa shape index (κ1) is 23.9. The van der Waals surface area contributed by atoms with Crippen LogP contribution in [0.25, 0.3) is 0 Å². The molecule has 0 saturated carbocycles. The molecule has 1 saturated heterocycles. The summed E-state index contributed by atoms with van der Waals surface area (Å²) in [6.45, 7) is 5.65. The summed E-state index contributed by atoms with van der Waals surface area (Å²) in [4.78, 5) is 18.7. The number of hydrogen-bond donors (Lipinski definition) is 2. The number of halogens is 1. The monoisotopic (exact) mass is 516 g/mol. The lowest BCUT2D eigenvalue weighted by Crippen LogP contribution is -2.45. The van der Waals surface area contributed by atoms with Crippen molar-refractivity contribution in [1.82, 2.24) is 10.6 Å². The number of guanidine groups is 1. The van der Waals surface area contributed by atoms with Crippen LogP contribution in [0.2, 0.25) is 0 Å². The minimum absolute atomic E-state index is 0. The Hall–Kier alpha value is -1.39. The Labute approximate surface area is 190 Å². The second-order valence-corrected chi connectivity index (χ2v) is 7.39. The minimum atomic E-state index is 0. The van der Waals surface area contributed by atoms with Crippen molar-refractivity contribution in [3.8, 4) is 0 Å². The minimum Gasteiger partial charge on any atom is -0.379 e. The highest BCUT2D eigenvalue weighted by Gasteiger charge is 2.23. The first-order valence-corrected chi connectivity index (χ1v) is 10.2. The Bertz CT molecular complexity index is 680. The number of rotatable bonds is 8. The van der Waals surface area contributed by atoms with E-state index in [9.17, 15) is 4.79 Å². The number of fused-ring (bicyclic) bond motifs is 1. The van der Waals surface area contributed by atoms with Gasteiger partial charge in [-0.15, -0.1) is 24.0 Å². The number of benzene rings is 1. The molecule has 162 valence electrons. The van der Waals surface area contributed by atoms with E-state index in [1.807, 2.05) is 23.1 Å². The fourth-order valence-electron chi connectivity index (χ4n) is 3.57. The van der Waals surface area contributed by atoms with Crippen LogP contribution in [0.5, 0.6) is 0 Å². The Morgan fingerprint density at radius 1 is 1.41 bits per heavy atom. The largest absolute Gasteiger partial charge is 0.379 e. The van der Waals surface area contributed by atoms with E-state index in [0.717, 1.165) is 44.1 Å². The Kier molecular flexibility index (Phi) is 10.2. The molecule has 1 amide bonds. The first-order valence-electron chi connectivity index (χ1n) is 10.2. The predicted octanol–water partition coefficient (Wildman–Crippen LogP) is 2.33. The second kappa shape index (κ2) is 12.3. The van der Waals surface area contributed by atoms with Gasteiger partial charge in [0.2, 0.25) is 5.91 Å². The molecule has 2 unspecified atom stereocenters. The maximum Gasteiger partial charge on any atom is 0.227 e. The summed E-state index contributed by atoms with van der Waals surface area (Å²) < 4.78 is 11.2. The summed E-state index contributed by atoms with van der Waals surface area (Å²) in [6, 6.07) is 8.31. The lowest BCUT2D eigenvalue weighted by Gasteiger charge is -2.20. The average Bonchev–Trinajstić information content (AvgIpc) is 3.38. The van der Waals surface area contributed by atoms with Crippen LogP contribution in [0.15, 0.2) is 29.3 Å². The standard InChI is InChI=1S/C21H32N4O3.HI/c1-16(14-28-18-10-13-27-15-18)24-21(22-2)23-11-5-8-20(26)25-12-9-17-6-3-4-7-19(17)25;/h3-4,6-7,16,18H,5,8-15H2,1-2H3,(H2,22,23,24);1H. The zero-order valence-corrected chi connectivity index (χ0v) is 19.7. The fraction of sp³-hybridized carbons (Fsp3) is 0.619. The van der Waals surface area contributed by atoms with Crippen LogP contribution in [0.3, 0.4) is 0 Å². The molecule has 1 fully saturated rings. The summed E-state index contributed by atoms with van der Waals surface area (Å²) in [5.74, 6) is 0.924. The lowest BCUT2D eigenvalue weighted by atomic mass is 10.2. The highest BCUT2D eigenvalue weighted by Crippen LogP contribution is 2.27. The van der Waals surface area contributed by atoms with Crippen molar-refractivity contribution in [3.05, 3.63) is 29.8 Å². The SMILES string of the molecule is CN=C(NCCCC(=O)N1CCc2ccccc21)NC(C)COC1CCOC1.I. The van der Waals surface area contributed by atoms with Crippen molar-refractivity contribution in [2.24, 2.45) is 4.99 Å². The Balaban J connectivity index is 0.00000300. The molecule has 2 heterocycles. The second-order valence-electron chi connectivity index (χ2n) is 7.39. The molecule has 0 radical (unpaired) electrons. The molecule has 0 aliphatic carbocycles. The van der Waals surface area contributed by atoms with Gasteiger partial charge in [-0.05, 0) is 37.8 Å². The van der Waals surface area contributed by atoms with Gasteiger partial charge in [-0.2, -0.15) is 0 Å². The normalized spacial score (nSPS) is 19.4. The Morgan fingerprint density at radius 3 is 3.00 bits per heavy atom. The third-order valence-electron chi connectivity index (χ3n) is 5.12. The number of carbonyl (C=O) groups is 1. The summed E-state index contributed by atoms with van der Waals surface area (Å²) >= 11 is 0. The molecule has 3 rings (SSSR count). The van der Waals surface area contributed by atoms with E-state index in [1.54, 1.807) is 7.05 Å². The van der Waals surface area contributed by atoms with Crippen molar-refractivity contribution in [1.29, 1.82) is 0 Å². The van der Waals surface area contributed by atoms with E-state index >= 15 is 0 Å². The number of nitrogens with zero attached hydrogens (tertiary/aromatic N) is 2. The molecule has 7 nitrogen and oxygen atoms in total. The number of aliphatic imine (C=N–C) groups is 1. The van der Waals surface area contributed by atoms with Gasteiger partial charge in [0.25, 0.3) is 0 Å². The van der Waals surface area contributed by atoms with Crippen LogP contribution in [-0.2, 0) is 20.7 Å². The summed E-state index contributed by atoms with van der Waals surface area (Å²) in [7, 11) is 1.75. The van der Waals surface area contributed by atoms with Crippen molar-refractivity contribution in [2.45, 2.75) is 44.8 Å². The molecule has 2 aliphatic rings.